The molecule has 4 heterocycles. The molecule has 11 heteroatoms. The van der Waals surface area contributed by atoms with Gasteiger partial charge in [-0.05, 0) is 55.0 Å². The molecule has 0 spiro atoms. The molecule has 42 heavy (non-hydrogen) atoms. The Morgan fingerprint density at radius 1 is 0.833 bits per heavy atom. The van der Waals surface area contributed by atoms with Crippen LogP contribution in [0.15, 0.2) is 79.5 Å². The molecule has 0 radical (unpaired) electrons. The van der Waals surface area contributed by atoms with Gasteiger partial charge < -0.3 is 20.3 Å². The largest absolute Gasteiger partial charge is 0.378 e. The predicted molar refractivity (Wildman–Crippen MR) is 160 cm³/mol. The van der Waals surface area contributed by atoms with Gasteiger partial charge in [0.05, 0.1) is 18.7 Å². The first-order chi connectivity index (χ1) is 20.5. The van der Waals surface area contributed by atoms with Gasteiger partial charge in [-0.3, -0.25) is 9.78 Å². The summed E-state index contributed by atoms with van der Waals surface area (Å²) in [6.45, 7) is 4.20. The van der Waals surface area contributed by atoms with E-state index in [2.05, 4.69) is 25.5 Å². The highest BCUT2D eigenvalue weighted by Crippen LogP contribution is 2.30. The Hall–Kier alpha value is -5.29. The third-order valence-corrected chi connectivity index (χ3v) is 6.79. The van der Waals surface area contributed by atoms with Crippen LogP contribution in [0.3, 0.4) is 0 Å². The van der Waals surface area contributed by atoms with Crippen LogP contribution in [0.2, 0.25) is 0 Å². The van der Waals surface area contributed by atoms with Gasteiger partial charge in [0, 0.05) is 66.2 Å². The first-order valence-corrected chi connectivity index (χ1v) is 13.5. The van der Waals surface area contributed by atoms with Crippen LogP contribution in [-0.2, 0) is 16.0 Å². The minimum absolute atomic E-state index is 0.0898. The van der Waals surface area contributed by atoms with E-state index in [0.717, 1.165) is 28.1 Å². The summed E-state index contributed by atoms with van der Waals surface area (Å²) < 4.78 is 5.56. The third kappa shape index (κ3) is 6.21. The van der Waals surface area contributed by atoms with Crippen LogP contribution in [0.25, 0.3) is 33.5 Å². The smallest absolute Gasteiger partial charge is 0.323 e. The molecule has 1 aliphatic rings. The number of carbonyl (C=O) groups is 2. The molecule has 210 valence electrons. The zero-order valence-corrected chi connectivity index (χ0v) is 22.9. The number of pyridine rings is 1. The van der Waals surface area contributed by atoms with Crippen LogP contribution in [0.5, 0.6) is 0 Å². The second kappa shape index (κ2) is 12.1. The Morgan fingerprint density at radius 3 is 2.17 bits per heavy atom. The second-order valence-electron chi connectivity index (χ2n) is 9.92. The number of Topliss-reactive ketones (excluding diaryl/α,β-unsaturated/α-hetero) is 1. The van der Waals surface area contributed by atoms with Crippen molar-refractivity contribution in [3.8, 4) is 22.5 Å². The Bertz CT molecular complexity index is 1720. The van der Waals surface area contributed by atoms with Crippen LogP contribution in [0, 0.1) is 0 Å². The van der Waals surface area contributed by atoms with Gasteiger partial charge in [-0.15, -0.1) is 0 Å². The summed E-state index contributed by atoms with van der Waals surface area (Å²) in [5, 5.41) is 5.65. The number of urea groups is 1. The number of carbonyl (C=O) groups excluding carboxylic acids is 2. The molecule has 0 atom stereocenters. The molecule has 1 fully saturated rings. The van der Waals surface area contributed by atoms with E-state index in [9.17, 15) is 9.59 Å². The molecule has 6 rings (SSSR count). The number of anilines is 3. The predicted octanol–water partition coefficient (Wildman–Crippen LogP) is 4.76. The average molecular weight is 561 g/mol. The minimum Gasteiger partial charge on any atom is -0.378 e. The number of hydrogen-bond acceptors (Lipinski definition) is 9. The fourth-order valence-corrected chi connectivity index (χ4v) is 4.72. The zero-order chi connectivity index (χ0) is 28.9. The number of benzene rings is 2. The maximum atomic E-state index is 12.6. The fraction of sp³-hybridized carbons (Fsp3) is 0.194. The van der Waals surface area contributed by atoms with E-state index in [0.29, 0.717) is 61.0 Å². The van der Waals surface area contributed by atoms with Crippen molar-refractivity contribution in [2.45, 2.75) is 13.3 Å². The van der Waals surface area contributed by atoms with Crippen molar-refractivity contribution in [1.82, 2.24) is 24.9 Å². The molecule has 0 bridgehead atoms. The monoisotopic (exact) mass is 560 g/mol. The zero-order valence-electron chi connectivity index (χ0n) is 22.9. The van der Waals surface area contributed by atoms with E-state index < -0.39 is 0 Å². The molecule has 0 saturated carbocycles. The highest BCUT2D eigenvalue weighted by molar-refractivity contribution is 6.00. The topological polar surface area (TPSA) is 135 Å². The highest BCUT2D eigenvalue weighted by atomic mass is 16.5. The molecule has 1 saturated heterocycles. The van der Waals surface area contributed by atoms with Crippen LogP contribution in [0.4, 0.5) is 22.0 Å². The van der Waals surface area contributed by atoms with Crippen LogP contribution in [0.1, 0.15) is 12.5 Å². The van der Waals surface area contributed by atoms with Crippen molar-refractivity contribution in [1.29, 1.82) is 0 Å². The second-order valence-corrected chi connectivity index (χ2v) is 9.92. The number of aromatic nitrogens is 5. The quantitative estimate of drug-likeness (QED) is 0.289. The highest BCUT2D eigenvalue weighted by Gasteiger charge is 2.20. The SMILES string of the molecule is CC(=O)Cc1ccc(NC(=O)Nc2ccc(-c3nc(N4CCOCC4)c4ncc(-c5cncnc5)cc4n3)cc2)cc1. The molecule has 0 unspecified atom stereocenters. The van der Waals surface area contributed by atoms with E-state index in [1.54, 1.807) is 37.6 Å². The molecule has 5 aromatic rings. The molecule has 11 nitrogen and oxygen atoms in total. The van der Waals surface area contributed by atoms with Gasteiger partial charge in [-0.1, -0.05) is 12.1 Å². The summed E-state index contributed by atoms with van der Waals surface area (Å²) in [7, 11) is 0. The number of ketones is 1. The Balaban J connectivity index is 1.24. The molecule has 2 amide bonds. The van der Waals surface area contributed by atoms with Gasteiger partial charge >= 0.3 is 6.03 Å². The first kappa shape index (κ1) is 26.9. The van der Waals surface area contributed by atoms with Gasteiger partial charge in [-0.25, -0.2) is 24.7 Å². The number of nitrogens with one attached hydrogen (secondary N) is 2. The maximum Gasteiger partial charge on any atom is 0.323 e. The van der Waals surface area contributed by atoms with Gasteiger partial charge in [0.25, 0.3) is 0 Å². The van der Waals surface area contributed by atoms with Gasteiger partial charge in [-0.2, -0.15) is 0 Å². The lowest BCUT2D eigenvalue weighted by atomic mass is 10.1. The molecular formula is C31H28N8O3. The van der Waals surface area contributed by atoms with Crippen LogP contribution in [-0.4, -0.2) is 63.0 Å². The fourth-order valence-electron chi connectivity index (χ4n) is 4.72. The van der Waals surface area contributed by atoms with E-state index >= 15 is 0 Å². The average Bonchev–Trinajstić information content (AvgIpc) is 3.02. The Morgan fingerprint density at radius 2 is 1.50 bits per heavy atom. The molecule has 2 N–H and O–H groups in total. The van der Waals surface area contributed by atoms with E-state index in [1.807, 2.05) is 42.5 Å². The van der Waals surface area contributed by atoms with Crippen LogP contribution < -0.4 is 15.5 Å². The standard InChI is InChI=1S/C31H28N8O3/c1-20(40)14-21-2-6-25(7-3-21)35-31(41)36-26-8-4-22(5-9-26)29-37-27-15-23(24-16-32-19-33-17-24)18-34-28(27)30(38-29)39-10-12-42-13-11-39/h2-9,15-19H,10-14H2,1H3,(H2,35,36,41). The molecule has 0 aliphatic carbocycles. The normalized spacial score (nSPS) is 13.1. The summed E-state index contributed by atoms with van der Waals surface area (Å²) in [6, 6.07) is 16.2. The Kier molecular flexibility index (Phi) is 7.73. The van der Waals surface area contributed by atoms with Crippen molar-refractivity contribution >= 4 is 40.0 Å². The van der Waals surface area contributed by atoms with E-state index in [4.69, 9.17) is 19.7 Å². The first-order valence-electron chi connectivity index (χ1n) is 13.5. The van der Waals surface area contributed by atoms with Crippen molar-refractivity contribution in [3.05, 3.63) is 85.1 Å². The molecule has 2 aromatic carbocycles. The van der Waals surface area contributed by atoms with Gasteiger partial charge in [0.15, 0.2) is 11.6 Å². The van der Waals surface area contributed by atoms with Crippen molar-refractivity contribution < 1.29 is 14.3 Å². The summed E-state index contributed by atoms with van der Waals surface area (Å²) in [6.07, 6.45) is 7.14. The lowest BCUT2D eigenvalue weighted by Gasteiger charge is -2.28. The number of nitrogens with zero attached hydrogens (tertiary/aromatic N) is 6. The van der Waals surface area contributed by atoms with E-state index in [1.165, 1.54) is 6.33 Å². The van der Waals surface area contributed by atoms with Crippen molar-refractivity contribution in [3.63, 3.8) is 0 Å². The maximum absolute atomic E-state index is 12.6. The summed E-state index contributed by atoms with van der Waals surface area (Å²) in [4.78, 5) is 48.8. The number of amides is 2. The van der Waals surface area contributed by atoms with Gasteiger partial charge in [0.1, 0.15) is 17.6 Å². The summed E-state index contributed by atoms with van der Waals surface area (Å²) in [5.74, 6) is 1.39. The lowest BCUT2D eigenvalue weighted by molar-refractivity contribution is -0.116. The summed E-state index contributed by atoms with van der Waals surface area (Å²) >= 11 is 0. The number of ether oxygens (including phenoxy) is 1. The minimum atomic E-state index is -0.373. The van der Waals surface area contributed by atoms with Crippen molar-refractivity contribution in [2.24, 2.45) is 0 Å². The molecular weight excluding hydrogens is 532 g/mol. The number of rotatable bonds is 7. The molecule has 1 aliphatic heterocycles. The third-order valence-electron chi connectivity index (χ3n) is 6.79. The number of morpholine rings is 1. The number of hydrogen-bond donors (Lipinski definition) is 2. The summed E-state index contributed by atoms with van der Waals surface area (Å²) in [5.41, 5.74) is 6.08. The van der Waals surface area contributed by atoms with Gasteiger partial charge in [0.2, 0.25) is 0 Å². The molecule has 3 aromatic heterocycles. The Labute approximate surface area is 242 Å². The van der Waals surface area contributed by atoms with Crippen LogP contribution >= 0.6 is 0 Å². The lowest BCUT2D eigenvalue weighted by Crippen LogP contribution is -2.37. The van der Waals surface area contributed by atoms with Crippen molar-refractivity contribution in [2.75, 3.05) is 41.8 Å². The number of fused-ring (bicyclic) bond motifs is 1. The van der Waals surface area contributed by atoms with E-state index in [-0.39, 0.29) is 11.8 Å².